The Morgan fingerprint density at radius 1 is 1.22 bits per heavy atom. The maximum absolute atomic E-state index is 12.6. The fraction of sp³-hybridized carbons (Fsp3) is 0.538. The first-order chi connectivity index (χ1) is 8.30. The summed E-state index contributed by atoms with van der Waals surface area (Å²) in [6.45, 7) is 3.37. The first-order valence-corrected chi connectivity index (χ1v) is 5.87. The number of aryl methyl sites for hydroxylation is 1. The quantitative estimate of drug-likeness (QED) is 0.816. The van der Waals surface area contributed by atoms with E-state index in [2.05, 4.69) is 5.32 Å². The molecule has 0 saturated heterocycles. The predicted molar refractivity (Wildman–Crippen MR) is 67.8 cm³/mol. The Kier molecular flexibility index (Phi) is 5.02. The van der Waals surface area contributed by atoms with Gasteiger partial charge in [-0.15, -0.1) is 0 Å². The number of hydrogen-bond donors (Lipinski definition) is 1. The minimum Gasteiger partial charge on any atom is -0.385 e. The molecule has 0 saturated carbocycles. The van der Waals surface area contributed by atoms with Gasteiger partial charge < -0.3 is 10.2 Å². The van der Waals surface area contributed by atoms with Gasteiger partial charge in [0.2, 0.25) is 0 Å². The van der Waals surface area contributed by atoms with Crippen LogP contribution in [0.4, 0.5) is 18.9 Å². The molecular formula is C13H19F3N2. The summed E-state index contributed by atoms with van der Waals surface area (Å²) in [5.41, 5.74) is 0.777. The molecule has 18 heavy (non-hydrogen) atoms. The van der Waals surface area contributed by atoms with E-state index in [1.165, 1.54) is 12.1 Å². The van der Waals surface area contributed by atoms with Crippen molar-refractivity contribution >= 4 is 5.69 Å². The third-order valence-electron chi connectivity index (χ3n) is 2.66. The van der Waals surface area contributed by atoms with Crippen molar-refractivity contribution in [2.45, 2.75) is 19.5 Å². The molecule has 0 atom stereocenters. The number of halogens is 3. The van der Waals surface area contributed by atoms with Crippen LogP contribution in [0.15, 0.2) is 18.2 Å². The molecule has 0 heterocycles. The molecule has 1 aromatic carbocycles. The Bertz CT molecular complexity index is 386. The lowest BCUT2D eigenvalue weighted by molar-refractivity contribution is -0.137. The molecule has 0 spiro atoms. The minimum atomic E-state index is -4.28. The van der Waals surface area contributed by atoms with Gasteiger partial charge in [-0.3, -0.25) is 0 Å². The molecule has 0 radical (unpaired) electrons. The standard InChI is InChI=1S/C13H19F3N2/c1-10-5-6-11(13(14,15)16)9-12(10)17-7-4-8-18(2)3/h5-6,9,17H,4,7-8H2,1-3H3. The molecule has 0 amide bonds. The number of anilines is 1. The second-order valence-corrected chi connectivity index (χ2v) is 4.61. The molecule has 1 N–H and O–H groups in total. The van der Waals surface area contributed by atoms with Crippen LogP contribution in [0.1, 0.15) is 17.5 Å². The molecule has 1 rings (SSSR count). The van der Waals surface area contributed by atoms with Gasteiger partial charge in [-0.2, -0.15) is 13.2 Å². The normalized spacial score (nSPS) is 11.9. The number of alkyl halides is 3. The summed E-state index contributed by atoms with van der Waals surface area (Å²) in [6, 6.07) is 3.78. The van der Waals surface area contributed by atoms with Gasteiger partial charge in [0.05, 0.1) is 5.56 Å². The number of hydrogen-bond acceptors (Lipinski definition) is 2. The van der Waals surface area contributed by atoms with E-state index in [-0.39, 0.29) is 0 Å². The molecule has 0 unspecified atom stereocenters. The van der Waals surface area contributed by atoms with E-state index in [0.717, 1.165) is 24.6 Å². The summed E-state index contributed by atoms with van der Waals surface area (Å²) in [5.74, 6) is 0. The summed E-state index contributed by atoms with van der Waals surface area (Å²) in [5, 5.41) is 3.05. The third-order valence-corrected chi connectivity index (χ3v) is 2.66. The van der Waals surface area contributed by atoms with Gasteiger partial charge in [-0.25, -0.2) is 0 Å². The van der Waals surface area contributed by atoms with Crippen molar-refractivity contribution in [3.63, 3.8) is 0 Å². The molecule has 1 aromatic rings. The molecule has 0 aliphatic heterocycles. The lowest BCUT2D eigenvalue weighted by atomic mass is 10.1. The predicted octanol–water partition coefficient (Wildman–Crippen LogP) is 3.38. The molecule has 0 aliphatic rings. The zero-order valence-electron chi connectivity index (χ0n) is 10.9. The van der Waals surface area contributed by atoms with Crippen LogP contribution in [-0.4, -0.2) is 32.1 Å². The summed E-state index contributed by atoms with van der Waals surface area (Å²) in [7, 11) is 3.94. The van der Waals surface area contributed by atoms with E-state index in [0.29, 0.717) is 12.2 Å². The number of benzene rings is 1. The van der Waals surface area contributed by atoms with Gasteiger partial charge >= 0.3 is 6.18 Å². The molecule has 0 aromatic heterocycles. The van der Waals surface area contributed by atoms with E-state index in [1.807, 2.05) is 19.0 Å². The van der Waals surface area contributed by atoms with Crippen molar-refractivity contribution in [1.29, 1.82) is 0 Å². The number of nitrogens with one attached hydrogen (secondary N) is 1. The summed E-state index contributed by atoms with van der Waals surface area (Å²) in [4.78, 5) is 2.04. The lowest BCUT2D eigenvalue weighted by Gasteiger charge is -2.14. The fourth-order valence-corrected chi connectivity index (χ4v) is 1.61. The SMILES string of the molecule is Cc1ccc(C(F)(F)F)cc1NCCCN(C)C. The number of rotatable bonds is 5. The second-order valence-electron chi connectivity index (χ2n) is 4.61. The average molecular weight is 260 g/mol. The molecule has 0 fully saturated rings. The molecule has 102 valence electrons. The van der Waals surface area contributed by atoms with Gasteiger partial charge in [0.15, 0.2) is 0 Å². The number of nitrogens with zero attached hydrogens (tertiary/aromatic N) is 1. The van der Waals surface area contributed by atoms with Crippen LogP contribution in [0.5, 0.6) is 0 Å². The topological polar surface area (TPSA) is 15.3 Å². The van der Waals surface area contributed by atoms with Gasteiger partial charge in [-0.05, 0) is 51.7 Å². The Hall–Kier alpha value is -1.23. The summed E-state index contributed by atoms with van der Waals surface area (Å²) < 4.78 is 37.7. The second kappa shape index (κ2) is 6.09. The van der Waals surface area contributed by atoms with Crippen LogP contribution in [-0.2, 0) is 6.18 Å². The van der Waals surface area contributed by atoms with Crippen LogP contribution in [0, 0.1) is 6.92 Å². The highest BCUT2D eigenvalue weighted by Crippen LogP contribution is 2.31. The Labute approximate surface area is 106 Å². The highest BCUT2D eigenvalue weighted by atomic mass is 19.4. The van der Waals surface area contributed by atoms with Crippen LogP contribution < -0.4 is 5.32 Å². The monoisotopic (exact) mass is 260 g/mol. The largest absolute Gasteiger partial charge is 0.416 e. The van der Waals surface area contributed by atoms with Crippen molar-refractivity contribution in [2.75, 3.05) is 32.5 Å². The van der Waals surface area contributed by atoms with Gasteiger partial charge in [0.1, 0.15) is 0 Å². The van der Waals surface area contributed by atoms with E-state index < -0.39 is 11.7 Å². The zero-order chi connectivity index (χ0) is 13.8. The van der Waals surface area contributed by atoms with Crippen LogP contribution in [0.25, 0.3) is 0 Å². The van der Waals surface area contributed by atoms with Crippen molar-refractivity contribution in [1.82, 2.24) is 4.90 Å². The van der Waals surface area contributed by atoms with Gasteiger partial charge in [-0.1, -0.05) is 6.07 Å². The van der Waals surface area contributed by atoms with Crippen LogP contribution in [0.2, 0.25) is 0 Å². The maximum atomic E-state index is 12.6. The molecule has 0 bridgehead atoms. The van der Waals surface area contributed by atoms with Crippen molar-refractivity contribution in [2.24, 2.45) is 0 Å². The zero-order valence-corrected chi connectivity index (χ0v) is 10.9. The minimum absolute atomic E-state index is 0.559. The highest BCUT2D eigenvalue weighted by Gasteiger charge is 2.30. The molecule has 0 aliphatic carbocycles. The van der Waals surface area contributed by atoms with E-state index in [9.17, 15) is 13.2 Å². The van der Waals surface area contributed by atoms with E-state index >= 15 is 0 Å². The Morgan fingerprint density at radius 2 is 1.89 bits per heavy atom. The molecular weight excluding hydrogens is 241 g/mol. The smallest absolute Gasteiger partial charge is 0.385 e. The van der Waals surface area contributed by atoms with Crippen molar-refractivity contribution in [3.05, 3.63) is 29.3 Å². The van der Waals surface area contributed by atoms with Crippen molar-refractivity contribution in [3.8, 4) is 0 Å². The Morgan fingerprint density at radius 3 is 2.44 bits per heavy atom. The van der Waals surface area contributed by atoms with E-state index in [4.69, 9.17) is 0 Å². The van der Waals surface area contributed by atoms with Crippen molar-refractivity contribution < 1.29 is 13.2 Å². The summed E-state index contributed by atoms with van der Waals surface area (Å²) in [6.07, 6.45) is -3.39. The van der Waals surface area contributed by atoms with Crippen LogP contribution >= 0.6 is 0 Å². The first kappa shape index (κ1) is 14.8. The highest BCUT2D eigenvalue weighted by molar-refractivity contribution is 5.53. The Balaban J connectivity index is 2.64. The van der Waals surface area contributed by atoms with Gasteiger partial charge in [0, 0.05) is 12.2 Å². The van der Waals surface area contributed by atoms with E-state index in [1.54, 1.807) is 6.92 Å². The van der Waals surface area contributed by atoms with Crippen LogP contribution in [0.3, 0.4) is 0 Å². The fourth-order valence-electron chi connectivity index (χ4n) is 1.61. The maximum Gasteiger partial charge on any atom is 0.416 e. The molecule has 5 heteroatoms. The summed E-state index contributed by atoms with van der Waals surface area (Å²) >= 11 is 0. The molecule has 2 nitrogen and oxygen atoms in total. The average Bonchev–Trinajstić information content (AvgIpc) is 2.24. The van der Waals surface area contributed by atoms with Gasteiger partial charge in [0.25, 0.3) is 0 Å². The third kappa shape index (κ3) is 4.56. The lowest BCUT2D eigenvalue weighted by Crippen LogP contribution is -2.16. The first-order valence-electron chi connectivity index (χ1n) is 5.87.